The number of aromatic nitrogens is 2. The fourth-order valence-electron chi connectivity index (χ4n) is 2.22. The summed E-state index contributed by atoms with van der Waals surface area (Å²) < 4.78 is 0. The van der Waals surface area contributed by atoms with Gasteiger partial charge in [0.25, 0.3) is 0 Å². The maximum Gasteiger partial charge on any atom is 0.323 e. The van der Waals surface area contributed by atoms with E-state index in [1.165, 1.54) is 0 Å². The second-order valence-electron chi connectivity index (χ2n) is 4.81. The van der Waals surface area contributed by atoms with Crippen LogP contribution in [-0.4, -0.2) is 59.9 Å². The summed E-state index contributed by atoms with van der Waals surface area (Å²) in [6, 6.07) is 3.79. The molecule has 18 heavy (non-hydrogen) atoms. The first-order valence-electron chi connectivity index (χ1n) is 6.01. The monoisotopic (exact) mass is 250 g/mol. The van der Waals surface area contributed by atoms with Crippen LogP contribution < -0.4 is 4.90 Å². The Hall–Kier alpha value is -1.69. The highest BCUT2D eigenvalue weighted by molar-refractivity contribution is 5.72. The second kappa shape index (κ2) is 5.30. The molecule has 1 fully saturated rings. The molecule has 1 unspecified atom stereocenters. The Bertz CT molecular complexity index is 421. The van der Waals surface area contributed by atoms with Gasteiger partial charge in [0.2, 0.25) is 0 Å². The Labute approximate surface area is 106 Å². The zero-order chi connectivity index (χ0) is 13.1. The Morgan fingerprint density at radius 1 is 1.56 bits per heavy atom. The number of carboxylic acid groups (broad SMARTS) is 1. The van der Waals surface area contributed by atoms with Crippen molar-refractivity contribution < 1.29 is 9.90 Å². The van der Waals surface area contributed by atoms with E-state index in [2.05, 4.69) is 22.1 Å². The molecule has 0 saturated carbocycles. The molecule has 1 aromatic rings. The largest absolute Gasteiger partial charge is 0.480 e. The fraction of sp³-hybridized carbons (Fsp3) is 0.583. The average Bonchev–Trinajstić information content (AvgIpc) is 2.75. The van der Waals surface area contributed by atoms with Gasteiger partial charge < -0.3 is 14.9 Å². The van der Waals surface area contributed by atoms with E-state index in [0.29, 0.717) is 11.7 Å². The van der Waals surface area contributed by atoms with E-state index in [1.807, 2.05) is 12.1 Å². The van der Waals surface area contributed by atoms with Crippen LogP contribution in [0.3, 0.4) is 0 Å². The first-order chi connectivity index (χ1) is 8.56. The van der Waals surface area contributed by atoms with Gasteiger partial charge >= 0.3 is 5.97 Å². The number of rotatable bonds is 4. The molecule has 0 aliphatic carbocycles. The van der Waals surface area contributed by atoms with E-state index < -0.39 is 5.97 Å². The lowest BCUT2D eigenvalue weighted by Crippen LogP contribution is -2.26. The third-order valence-electron chi connectivity index (χ3n) is 3.24. The van der Waals surface area contributed by atoms with Crippen LogP contribution in [0.5, 0.6) is 0 Å². The van der Waals surface area contributed by atoms with Gasteiger partial charge in [0.15, 0.2) is 5.82 Å². The van der Waals surface area contributed by atoms with E-state index in [9.17, 15) is 4.79 Å². The summed E-state index contributed by atoms with van der Waals surface area (Å²) in [7, 11) is 3.80. The van der Waals surface area contributed by atoms with E-state index in [-0.39, 0.29) is 6.54 Å². The van der Waals surface area contributed by atoms with E-state index in [1.54, 1.807) is 11.9 Å². The maximum atomic E-state index is 10.6. The summed E-state index contributed by atoms with van der Waals surface area (Å²) in [5.74, 6) is 0.162. The molecular formula is C12H18N4O2. The van der Waals surface area contributed by atoms with Crippen molar-refractivity contribution in [2.24, 2.45) is 0 Å². The predicted octanol–water partition coefficient (Wildman–Crippen LogP) is 0.416. The second-order valence-corrected chi connectivity index (χ2v) is 4.81. The highest BCUT2D eigenvalue weighted by atomic mass is 16.4. The predicted molar refractivity (Wildman–Crippen MR) is 67.8 cm³/mol. The summed E-state index contributed by atoms with van der Waals surface area (Å²) >= 11 is 0. The quantitative estimate of drug-likeness (QED) is 0.835. The van der Waals surface area contributed by atoms with E-state index >= 15 is 0 Å². The lowest BCUT2D eigenvalue weighted by molar-refractivity contribution is -0.135. The summed E-state index contributed by atoms with van der Waals surface area (Å²) in [6.07, 6.45) is 1.11. The van der Waals surface area contributed by atoms with Gasteiger partial charge in [-0.1, -0.05) is 0 Å². The first-order valence-corrected chi connectivity index (χ1v) is 6.01. The molecule has 6 nitrogen and oxygen atoms in total. The number of likely N-dealkylation sites (tertiary alicyclic amines) is 1. The summed E-state index contributed by atoms with van der Waals surface area (Å²) in [4.78, 5) is 14.4. The van der Waals surface area contributed by atoms with Crippen molar-refractivity contribution in [2.75, 3.05) is 38.6 Å². The minimum atomic E-state index is -0.874. The van der Waals surface area contributed by atoms with Crippen LogP contribution in [0.4, 0.5) is 5.82 Å². The number of aliphatic carboxylic acids is 1. The zero-order valence-corrected chi connectivity index (χ0v) is 10.7. The highest BCUT2D eigenvalue weighted by Crippen LogP contribution is 2.24. The summed E-state index contributed by atoms with van der Waals surface area (Å²) in [6.45, 7) is 2.03. The average molecular weight is 250 g/mol. The minimum Gasteiger partial charge on any atom is -0.480 e. The molecule has 98 valence electrons. The molecule has 1 aliphatic heterocycles. The maximum absolute atomic E-state index is 10.6. The van der Waals surface area contributed by atoms with Crippen molar-refractivity contribution in [3.8, 4) is 0 Å². The smallest absolute Gasteiger partial charge is 0.323 e. The SMILES string of the molecule is CN1CCC(c2ccc(N(C)CC(=O)O)nn2)C1. The molecule has 6 heteroatoms. The summed E-state index contributed by atoms with van der Waals surface area (Å²) in [5.41, 5.74) is 0.992. The third-order valence-corrected chi connectivity index (χ3v) is 3.24. The van der Waals surface area contributed by atoms with Gasteiger partial charge in [-0.25, -0.2) is 0 Å². The van der Waals surface area contributed by atoms with Crippen molar-refractivity contribution in [1.29, 1.82) is 0 Å². The third kappa shape index (κ3) is 2.95. The lowest BCUT2D eigenvalue weighted by Gasteiger charge is -2.15. The molecule has 0 aromatic carbocycles. The Morgan fingerprint density at radius 2 is 2.33 bits per heavy atom. The lowest BCUT2D eigenvalue weighted by atomic mass is 10.1. The normalized spacial score (nSPS) is 20.0. The van der Waals surface area contributed by atoms with E-state index in [0.717, 1.165) is 25.2 Å². The number of hydrogen-bond acceptors (Lipinski definition) is 5. The van der Waals surface area contributed by atoms with Crippen LogP contribution in [0.1, 0.15) is 18.0 Å². The molecule has 0 amide bonds. The minimum absolute atomic E-state index is 0.0693. The molecular weight excluding hydrogens is 232 g/mol. The summed E-state index contributed by atoms with van der Waals surface area (Å²) in [5, 5.41) is 17.0. The molecule has 1 aliphatic rings. The molecule has 1 N–H and O–H groups in total. The van der Waals surface area contributed by atoms with Gasteiger partial charge in [0.1, 0.15) is 6.54 Å². The number of carbonyl (C=O) groups is 1. The van der Waals surface area contributed by atoms with Crippen LogP contribution in [0.25, 0.3) is 0 Å². The molecule has 1 aromatic heterocycles. The molecule has 0 bridgehead atoms. The van der Waals surface area contributed by atoms with E-state index in [4.69, 9.17) is 5.11 Å². The van der Waals surface area contributed by atoms with Gasteiger partial charge in [0.05, 0.1) is 5.69 Å². The van der Waals surface area contributed by atoms with Gasteiger partial charge in [-0.05, 0) is 32.1 Å². The Morgan fingerprint density at radius 3 is 2.83 bits per heavy atom. The number of anilines is 1. The topological polar surface area (TPSA) is 69.6 Å². The highest BCUT2D eigenvalue weighted by Gasteiger charge is 2.22. The van der Waals surface area contributed by atoms with Gasteiger partial charge in [-0.15, -0.1) is 5.10 Å². The van der Waals surface area contributed by atoms with Crippen molar-refractivity contribution >= 4 is 11.8 Å². The molecule has 0 spiro atoms. The van der Waals surface area contributed by atoms with Crippen molar-refractivity contribution in [2.45, 2.75) is 12.3 Å². The molecule has 1 atom stereocenters. The molecule has 2 rings (SSSR count). The van der Waals surface area contributed by atoms with Gasteiger partial charge in [-0.3, -0.25) is 4.79 Å². The van der Waals surface area contributed by atoms with Crippen molar-refractivity contribution in [1.82, 2.24) is 15.1 Å². The van der Waals surface area contributed by atoms with Crippen molar-refractivity contribution in [3.63, 3.8) is 0 Å². The Kier molecular flexibility index (Phi) is 3.76. The fourth-order valence-corrected chi connectivity index (χ4v) is 2.22. The van der Waals surface area contributed by atoms with Crippen LogP contribution >= 0.6 is 0 Å². The zero-order valence-electron chi connectivity index (χ0n) is 10.7. The molecule has 0 radical (unpaired) electrons. The van der Waals surface area contributed by atoms with Crippen LogP contribution in [0.15, 0.2) is 12.1 Å². The number of carboxylic acids is 1. The number of hydrogen-bond donors (Lipinski definition) is 1. The molecule has 2 heterocycles. The number of likely N-dealkylation sites (N-methyl/N-ethyl adjacent to an activating group) is 2. The van der Waals surface area contributed by atoms with Crippen molar-refractivity contribution in [3.05, 3.63) is 17.8 Å². The van der Waals surface area contributed by atoms with Crippen LogP contribution in [-0.2, 0) is 4.79 Å². The van der Waals surface area contributed by atoms with Gasteiger partial charge in [-0.2, -0.15) is 5.10 Å². The first kappa shape index (κ1) is 12.8. The standard InChI is InChI=1S/C12H18N4O2/c1-15-6-5-9(7-15)10-3-4-11(14-13-10)16(2)8-12(17)18/h3-4,9H,5-8H2,1-2H3,(H,17,18). The number of nitrogens with zero attached hydrogens (tertiary/aromatic N) is 4. The molecule has 1 saturated heterocycles. The Balaban J connectivity index is 2.03. The van der Waals surface area contributed by atoms with Crippen LogP contribution in [0, 0.1) is 0 Å². The van der Waals surface area contributed by atoms with Gasteiger partial charge in [0, 0.05) is 19.5 Å². The van der Waals surface area contributed by atoms with Crippen LogP contribution in [0.2, 0.25) is 0 Å².